The molecular weight excluding hydrogens is 492 g/mol. The van der Waals surface area contributed by atoms with Crippen molar-refractivity contribution < 1.29 is 14.3 Å². The quantitative estimate of drug-likeness (QED) is 0.306. The number of rotatable bonds is 7. The first kappa shape index (κ1) is 25.5. The summed E-state index contributed by atoms with van der Waals surface area (Å²) in [4.78, 5) is 43.3. The molecule has 0 saturated heterocycles. The molecule has 0 aliphatic carbocycles. The Morgan fingerprint density at radius 2 is 1.79 bits per heavy atom. The number of esters is 1. The monoisotopic (exact) mass is 518 g/mol. The number of para-hydroxylation sites is 1. The van der Waals surface area contributed by atoms with Gasteiger partial charge in [-0.15, -0.1) is 0 Å². The van der Waals surface area contributed by atoms with Crippen molar-refractivity contribution in [2.24, 2.45) is 0 Å². The second kappa shape index (κ2) is 10.7. The fourth-order valence-electron chi connectivity index (χ4n) is 4.98. The largest absolute Gasteiger partial charge is 0.465 e. The molecule has 0 spiro atoms. The molecule has 0 aliphatic heterocycles. The fourth-order valence-corrected chi connectivity index (χ4v) is 4.98. The Balaban J connectivity index is 1.81. The second-order valence-corrected chi connectivity index (χ2v) is 9.14. The summed E-state index contributed by atoms with van der Waals surface area (Å²) in [5.74, 6) is -1.16. The lowest BCUT2D eigenvalue weighted by molar-refractivity contribution is -0.143. The van der Waals surface area contributed by atoms with E-state index in [0.29, 0.717) is 22.0 Å². The molecule has 0 bridgehead atoms. The molecule has 5 aromatic rings. The fraction of sp³-hybridized carbons (Fsp3) is 0.161. The zero-order valence-electron chi connectivity index (χ0n) is 21.5. The van der Waals surface area contributed by atoms with Crippen LogP contribution in [-0.2, 0) is 14.3 Å². The van der Waals surface area contributed by atoms with Crippen LogP contribution in [0.2, 0.25) is 0 Å². The van der Waals surface area contributed by atoms with Gasteiger partial charge in [0.1, 0.15) is 24.2 Å². The SMILES string of the molecule is CCOC(=O)CNC(=O)C(c1c[nH]c2ccc(C)cc12)n1c(=O)c(C#N)c(-c2ccccc2)c2ccccc21. The van der Waals surface area contributed by atoms with Crippen LogP contribution in [0.15, 0.2) is 83.8 Å². The first-order valence-electron chi connectivity index (χ1n) is 12.6. The number of aryl methyl sites for hydroxylation is 1. The average molecular weight is 519 g/mol. The van der Waals surface area contributed by atoms with Crippen molar-refractivity contribution in [1.82, 2.24) is 14.9 Å². The summed E-state index contributed by atoms with van der Waals surface area (Å²) < 4.78 is 6.33. The Morgan fingerprint density at radius 1 is 1.05 bits per heavy atom. The summed E-state index contributed by atoms with van der Waals surface area (Å²) in [7, 11) is 0. The van der Waals surface area contributed by atoms with E-state index in [1.165, 1.54) is 4.57 Å². The second-order valence-electron chi connectivity index (χ2n) is 9.14. The topological polar surface area (TPSA) is 117 Å². The van der Waals surface area contributed by atoms with Crippen molar-refractivity contribution in [2.75, 3.05) is 13.2 Å². The summed E-state index contributed by atoms with van der Waals surface area (Å²) in [6.45, 7) is 3.44. The van der Waals surface area contributed by atoms with Crippen LogP contribution in [0.4, 0.5) is 0 Å². The molecule has 39 heavy (non-hydrogen) atoms. The number of nitrogens with one attached hydrogen (secondary N) is 2. The van der Waals surface area contributed by atoms with E-state index in [1.54, 1.807) is 25.3 Å². The van der Waals surface area contributed by atoms with Crippen LogP contribution in [0.5, 0.6) is 0 Å². The van der Waals surface area contributed by atoms with Gasteiger partial charge in [0.25, 0.3) is 5.56 Å². The molecule has 0 saturated carbocycles. The van der Waals surface area contributed by atoms with E-state index in [1.807, 2.05) is 67.6 Å². The Labute approximate surface area is 224 Å². The highest BCUT2D eigenvalue weighted by Crippen LogP contribution is 2.34. The molecule has 0 fully saturated rings. The highest BCUT2D eigenvalue weighted by atomic mass is 16.5. The number of nitrogens with zero attached hydrogens (tertiary/aromatic N) is 2. The van der Waals surface area contributed by atoms with E-state index in [9.17, 15) is 19.6 Å². The van der Waals surface area contributed by atoms with Gasteiger partial charge in [0.2, 0.25) is 5.91 Å². The molecular formula is C31H26N4O4. The molecule has 1 atom stereocenters. The number of aromatic nitrogens is 2. The van der Waals surface area contributed by atoms with Gasteiger partial charge in [-0.3, -0.25) is 19.0 Å². The smallest absolute Gasteiger partial charge is 0.325 e. The number of H-pyrrole nitrogens is 1. The third-order valence-electron chi connectivity index (χ3n) is 6.67. The third-order valence-corrected chi connectivity index (χ3v) is 6.67. The van der Waals surface area contributed by atoms with E-state index in [0.717, 1.165) is 22.0 Å². The summed E-state index contributed by atoms with van der Waals surface area (Å²) in [5.41, 5.74) is 3.35. The molecule has 8 heteroatoms. The van der Waals surface area contributed by atoms with Crippen molar-refractivity contribution in [3.63, 3.8) is 0 Å². The van der Waals surface area contributed by atoms with Crippen molar-refractivity contribution >= 4 is 33.7 Å². The number of hydrogen-bond acceptors (Lipinski definition) is 5. The highest BCUT2D eigenvalue weighted by Gasteiger charge is 2.31. The van der Waals surface area contributed by atoms with Gasteiger partial charge < -0.3 is 15.0 Å². The lowest BCUT2D eigenvalue weighted by atomic mass is 9.95. The van der Waals surface area contributed by atoms with Gasteiger partial charge in [0.05, 0.1) is 12.1 Å². The normalized spacial score (nSPS) is 11.7. The van der Waals surface area contributed by atoms with Crippen LogP contribution in [0.25, 0.3) is 32.9 Å². The number of benzene rings is 3. The van der Waals surface area contributed by atoms with E-state index < -0.39 is 23.5 Å². The Hall–Kier alpha value is -5.16. The van der Waals surface area contributed by atoms with E-state index in [-0.39, 0.29) is 18.7 Å². The van der Waals surface area contributed by atoms with Gasteiger partial charge in [-0.25, -0.2) is 0 Å². The van der Waals surface area contributed by atoms with Gasteiger partial charge >= 0.3 is 5.97 Å². The molecule has 3 aromatic carbocycles. The summed E-state index contributed by atoms with van der Waals surface area (Å²) in [6, 6.07) is 23.2. The minimum atomic E-state index is -1.18. The number of amides is 1. The molecule has 1 amide bonds. The number of aromatic amines is 1. The van der Waals surface area contributed by atoms with E-state index >= 15 is 0 Å². The number of carbonyl (C=O) groups excluding carboxylic acids is 2. The highest BCUT2D eigenvalue weighted by molar-refractivity contribution is 6.00. The van der Waals surface area contributed by atoms with Crippen LogP contribution in [-0.4, -0.2) is 34.6 Å². The molecule has 2 heterocycles. The summed E-state index contributed by atoms with van der Waals surface area (Å²) in [6.07, 6.45) is 1.69. The standard InChI is InChI=1S/C31H26N4O4/c1-3-39-27(36)18-34-30(37)29(24-17-33-25-14-13-19(2)15-22(24)25)35-26-12-8-7-11-21(26)28(23(16-32)31(35)38)20-9-5-4-6-10-20/h4-15,17,29,33H,3,18H2,1-2H3,(H,34,37). The maximum absolute atomic E-state index is 14.2. The van der Waals surface area contributed by atoms with Gasteiger partial charge in [-0.1, -0.05) is 60.2 Å². The molecule has 8 nitrogen and oxygen atoms in total. The van der Waals surface area contributed by atoms with Gasteiger partial charge in [0.15, 0.2) is 0 Å². The first-order chi connectivity index (χ1) is 18.9. The Bertz CT molecular complexity index is 1810. The molecule has 2 N–H and O–H groups in total. The maximum atomic E-state index is 14.2. The van der Waals surface area contributed by atoms with E-state index in [2.05, 4.69) is 16.4 Å². The van der Waals surface area contributed by atoms with Gasteiger partial charge in [-0.05, 0) is 37.6 Å². The number of carbonyl (C=O) groups is 2. The summed E-state index contributed by atoms with van der Waals surface area (Å²) in [5, 5.41) is 14.3. The Kier molecular flexibility index (Phi) is 6.98. The molecule has 5 rings (SSSR count). The van der Waals surface area contributed by atoms with Crippen LogP contribution in [0.1, 0.15) is 29.7 Å². The van der Waals surface area contributed by atoms with Crippen molar-refractivity contribution in [1.29, 1.82) is 5.26 Å². The summed E-state index contributed by atoms with van der Waals surface area (Å²) >= 11 is 0. The maximum Gasteiger partial charge on any atom is 0.325 e. The Morgan fingerprint density at radius 3 is 2.54 bits per heavy atom. The van der Waals surface area contributed by atoms with Crippen LogP contribution < -0.4 is 10.9 Å². The number of fused-ring (bicyclic) bond motifs is 2. The molecule has 0 aliphatic rings. The first-order valence-corrected chi connectivity index (χ1v) is 12.6. The van der Waals surface area contributed by atoms with Crippen LogP contribution in [0.3, 0.4) is 0 Å². The lowest BCUT2D eigenvalue weighted by Crippen LogP contribution is -2.41. The predicted molar refractivity (Wildman–Crippen MR) is 149 cm³/mol. The van der Waals surface area contributed by atoms with Gasteiger partial charge in [-0.2, -0.15) is 5.26 Å². The van der Waals surface area contributed by atoms with Crippen molar-refractivity contribution in [2.45, 2.75) is 19.9 Å². The average Bonchev–Trinajstić information content (AvgIpc) is 3.36. The zero-order valence-corrected chi connectivity index (χ0v) is 21.5. The number of nitriles is 1. The van der Waals surface area contributed by atoms with Crippen LogP contribution >= 0.6 is 0 Å². The van der Waals surface area contributed by atoms with Crippen molar-refractivity contribution in [3.05, 3.63) is 106 Å². The number of hydrogen-bond donors (Lipinski definition) is 2. The van der Waals surface area contributed by atoms with Crippen molar-refractivity contribution in [3.8, 4) is 17.2 Å². The third kappa shape index (κ3) is 4.66. The minimum Gasteiger partial charge on any atom is -0.465 e. The van der Waals surface area contributed by atoms with E-state index in [4.69, 9.17) is 4.74 Å². The predicted octanol–water partition coefficient (Wildman–Crippen LogP) is 4.60. The number of pyridine rings is 1. The molecule has 2 aromatic heterocycles. The molecule has 1 unspecified atom stereocenters. The number of ether oxygens (including phenoxy) is 1. The van der Waals surface area contributed by atoms with Crippen LogP contribution in [0, 0.1) is 18.3 Å². The molecule has 194 valence electrons. The molecule has 0 radical (unpaired) electrons. The van der Waals surface area contributed by atoms with Gasteiger partial charge in [0, 0.05) is 33.6 Å². The minimum absolute atomic E-state index is 0.0703. The zero-order chi connectivity index (χ0) is 27.5. The lowest BCUT2D eigenvalue weighted by Gasteiger charge is -2.23.